The summed E-state index contributed by atoms with van der Waals surface area (Å²) in [6, 6.07) is 8.36. The van der Waals surface area contributed by atoms with E-state index in [0.717, 1.165) is 24.5 Å². The zero-order valence-corrected chi connectivity index (χ0v) is 9.19. The van der Waals surface area contributed by atoms with Crippen LogP contribution in [0, 0.1) is 0 Å². The quantitative estimate of drug-likeness (QED) is 0.824. The number of hydrogen-bond donors (Lipinski definition) is 1. The Bertz CT molecular complexity index is 327. The molecule has 2 rings (SSSR count). The van der Waals surface area contributed by atoms with E-state index in [9.17, 15) is 0 Å². The minimum atomic E-state index is 0.273. The van der Waals surface area contributed by atoms with Crippen LogP contribution >= 0.6 is 0 Å². The van der Waals surface area contributed by atoms with Gasteiger partial charge in [-0.2, -0.15) is 0 Å². The van der Waals surface area contributed by atoms with E-state index in [1.807, 2.05) is 24.3 Å². The van der Waals surface area contributed by atoms with Crippen LogP contribution in [0.15, 0.2) is 24.3 Å². The van der Waals surface area contributed by atoms with E-state index in [0.29, 0.717) is 6.04 Å². The van der Waals surface area contributed by atoms with Gasteiger partial charge >= 0.3 is 0 Å². The Labute approximate surface area is 90.4 Å². The van der Waals surface area contributed by atoms with Gasteiger partial charge in [0.15, 0.2) is 0 Å². The molecule has 15 heavy (non-hydrogen) atoms. The third-order valence-corrected chi connectivity index (χ3v) is 2.82. The van der Waals surface area contributed by atoms with E-state index in [1.54, 1.807) is 7.11 Å². The molecule has 0 bridgehead atoms. The number of nitrogens with one attached hydrogen (secondary N) is 1. The second-order valence-electron chi connectivity index (χ2n) is 3.82. The SMILES string of the molecule is COc1ccccc1N[C@@H]1CCO[C@H]1C. The van der Waals surface area contributed by atoms with Gasteiger partial charge < -0.3 is 14.8 Å². The number of hydrogen-bond acceptors (Lipinski definition) is 3. The van der Waals surface area contributed by atoms with Crippen molar-refractivity contribution in [2.75, 3.05) is 19.0 Å². The number of methoxy groups -OCH3 is 1. The highest BCUT2D eigenvalue weighted by molar-refractivity contribution is 5.56. The summed E-state index contributed by atoms with van der Waals surface area (Å²) in [5, 5.41) is 3.46. The molecule has 82 valence electrons. The monoisotopic (exact) mass is 207 g/mol. The first-order valence-corrected chi connectivity index (χ1v) is 5.32. The first-order valence-electron chi connectivity index (χ1n) is 5.32. The summed E-state index contributed by atoms with van der Waals surface area (Å²) in [4.78, 5) is 0. The maximum atomic E-state index is 5.51. The smallest absolute Gasteiger partial charge is 0.141 e. The second-order valence-corrected chi connectivity index (χ2v) is 3.82. The molecule has 0 aromatic heterocycles. The molecular formula is C12H17NO2. The standard InChI is InChI=1S/C12H17NO2/c1-9-10(7-8-15-9)13-11-5-3-4-6-12(11)14-2/h3-6,9-10,13H,7-8H2,1-2H3/t9-,10+/m0/s1. The van der Waals surface area contributed by atoms with Gasteiger partial charge in [0.2, 0.25) is 0 Å². The van der Waals surface area contributed by atoms with Crippen LogP contribution in [0.1, 0.15) is 13.3 Å². The molecule has 1 saturated heterocycles. The van der Waals surface area contributed by atoms with Crippen molar-refractivity contribution in [1.82, 2.24) is 0 Å². The summed E-state index contributed by atoms with van der Waals surface area (Å²) in [5.74, 6) is 0.886. The molecule has 0 radical (unpaired) electrons. The number of para-hydroxylation sites is 2. The average molecular weight is 207 g/mol. The molecule has 0 amide bonds. The molecule has 1 aliphatic heterocycles. The maximum absolute atomic E-state index is 5.51. The summed E-state index contributed by atoms with van der Waals surface area (Å²) in [6.07, 6.45) is 1.33. The lowest BCUT2D eigenvalue weighted by Gasteiger charge is -2.19. The topological polar surface area (TPSA) is 30.5 Å². The van der Waals surface area contributed by atoms with Gasteiger partial charge in [-0.1, -0.05) is 12.1 Å². The molecule has 1 N–H and O–H groups in total. The first-order chi connectivity index (χ1) is 7.31. The zero-order valence-electron chi connectivity index (χ0n) is 9.19. The van der Waals surface area contributed by atoms with Crippen molar-refractivity contribution in [2.45, 2.75) is 25.5 Å². The second kappa shape index (κ2) is 4.53. The van der Waals surface area contributed by atoms with Gasteiger partial charge in [0.25, 0.3) is 0 Å². The third-order valence-electron chi connectivity index (χ3n) is 2.82. The molecule has 0 saturated carbocycles. The van der Waals surface area contributed by atoms with Crippen molar-refractivity contribution in [3.05, 3.63) is 24.3 Å². The Morgan fingerprint density at radius 3 is 2.87 bits per heavy atom. The minimum Gasteiger partial charge on any atom is -0.495 e. The molecule has 1 fully saturated rings. The molecule has 1 aliphatic rings. The summed E-state index contributed by atoms with van der Waals surface area (Å²) < 4.78 is 10.8. The van der Waals surface area contributed by atoms with E-state index in [2.05, 4.69) is 12.2 Å². The van der Waals surface area contributed by atoms with Gasteiger partial charge in [-0.15, -0.1) is 0 Å². The fraction of sp³-hybridized carbons (Fsp3) is 0.500. The normalized spacial score (nSPS) is 25.2. The molecule has 1 aromatic carbocycles. The fourth-order valence-corrected chi connectivity index (χ4v) is 1.88. The van der Waals surface area contributed by atoms with Crippen LogP contribution in [0.2, 0.25) is 0 Å². The lowest BCUT2D eigenvalue weighted by Crippen LogP contribution is -2.26. The molecular weight excluding hydrogens is 190 g/mol. The van der Waals surface area contributed by atoms with Crippen molar-refractivity contribution in [1.29, 1.82) is 0 Å². The molecule has 3 nitrogen and oxygen atoms in total. The summed E-state index contributed by atoms with van der Waals surface area (Å²) >= 11 is 0. The van der Waals surface area contributed by atoms with Crippen molar-refractivity contribution in [3.8, 4) is 5.75 Å². The van der Waals surface area contributed by atoms with E-state index >= 15 is 0 Å². The van der Waals surface area contributed by atoms with Crippen LogP contribution in [0.5, 0.6) is 5.75 Å². The van der Waals surface area contributed by atoms with Crippen molar-refractivity contribution in [3.63, 3.8) is 0 Å². The molecule has 1 aromatic rings. The molecule has 1 heterocycles. The van der Waals surface area contributed by atoms with Crippen molar-refractivity contribution < 1.29 is 9.47 Å². The summed E-state index contributed by atoms with van der Waals surface area (Å²) in [5.41, 5.74) is 1.04. The Morgan fingerprint density at radius 1 is 1.40 bits per heavy atom. The Morgan fingerprint density at radius 2 is 2.20 bits per heavy atom. The number of anilines is 1. The van der Waals surface area contributed by atoms with Crippen molar-refractivity contribution in [2.24, 2.45) is 0 Å². The molecule has 0 aliphatic carbocycles. The highest BCUT2D eigenvalue weighted by Crippen LogP contribution is 2.26. The Balaban J connectivity index is 2.09. The Hall–Kier alpha value is -1.22. The van der Waals surface area contributed by atoms with Gasteiger partial charge in [-0.25, -0.2) is 0 Å². The van der Waals surface area contributed by atoms with Crippen LogP contribution in [0.4, 0.5) is 5.69 Å². The van der Waals surface area contributed by atoms with Crippen LogP contribution in [-0.2, 0) is 4.74 Å². The lowest BCUT2D eigenvalue weighted by atomic mass is 10.1. The zero-order chi connectivity index (χ0) is 10.7. The largest absolute Gasteiger partial charge is 0.495 e. The van der Waals surface area contributed by atoms with Gasteiger partial charge in [0.1, 0.15) is 5.75 Å². The first kappa shape index (κ1) is 10.3. The predicted molar refractivity (Wildman–Crippen MR) is 60.4 cm³/mol. The molecule has 0 spiro atoms. The molecule has 3 heteroatoms. The fourth-order valence-electron chi connectivity index (χ4n) is 1.88. The lowest BCUT2D eigenvalue weighted by molar-refractivity contribution is 0.121. The van der Waals surface area contributed by atoms with E-state index < -0.39 is 0 Å². The van der Waals surface area contributed by atoms with Gasteiger partial charge in [0.05, 0.1) is 24.9 Å². The van der Waals surface area contributed by atoms with Gasteiger partial charge in [0, 0.05) is 6.61 Å². The highest BCUT2D eigenvalue weighted by atomic mass is 16.5. The van der Waals surface area contributed by atoms with Crippen LogP contribution in [0.3, 0.4) is 0 Å². The third kappa shape index (κ3) is 2.23. The number of ether oxygens (including phenoxy) is 2. The van der Waals surface area contributed by atoms with Crippen LogP contribution < -0.4 is 10.1 Å². The number of rotatable bonds is 3. The number of benzene rings is 1. The van der Waals surface area contributed by atoms with E-state index in [-0.39, 0.29) is 6.10 Å². The molecule has 2 atom stereocenters. The summed E-state index contributed by atoms with van der Waals surface area (Å²) in [6.45, 7) is 2.94. The van der Waals surface area contributed by atoms with E-state index in [4.69, 9.17) is 9.47 Å². The highest BCUT2D eigenvalue weighted by Gasteiger charge is 2.24. The van der Waals surface area contributed by atoms with Crippen LogP contribution in [0.25, 0.3) is 0 Å². The Kier molecular flexibility index (Phi) is 3.11. The minimum absolute atomic E-state index is 0.273. The van der Waals surface area contributed by atoms with Crippen LogP contribution in [-0.4, -0.2) is 25.9 Å². The molecule has 0 unspecified atom stereocenters. The van der Waals surface area contributed by atoms with E-state index in [1.165, 1.54) is 0 Å². The predicted octanol–water partition coefficient (Wildman–Crippen LogP) is 2.28. The summed E-state index contributed by atoms with van der Waals surface area (Å²) in [7, 11) is 1.69. The van der Waals surface area contributed by atoms with Crippen molar-refractivity contribution >= 4 is 5.69 Å². The van der Waals surface area contributed by atoms with Gasteiger partial charge in [-0.05, 0) is 25.5 Å². The average Bonchev–Trinajstić information content (AvgIpc) is 2.65. The van der Waals surface area contributed by atoms with Gasteiger partial charge in [-0.3, -0.25) is 0 Å². The maximum Gasteiger partial charge on any atom is 0.141 e.